The third-order valence-electron chi connectivity index (χ3n) is 3.64. The van der Waals surface area contributed by atoms with E-state index in [1.54, 1.807) is 7.05 Å². The summed E-state index contributed by atoms with van der Waals surface area (Å²) in [6.45, 7) is 4.71. The molecule has 0 aliphatic carbocycles. The van der Waals surface area contributed by atoms with Gasteiger partial charge >= 0.3 is 0 Å². The summed E-state index contributed by atoms with van der Waals surface area (Å²) in [7, 11) is 1.67. The van der Waals surface area contributed by atoms with Crippen LogP contribution in [-0.2, 0) is 9.53 Å². The van der Waals surface area contributed by atoms with Crippen LogP contribution in [0, 0.1) is 0 Å². The average Bonchev–Trinajstić information content (AvgIpc) is 2.81. The van der Waals surface area contributed by atoms with Crippen molar-refractivity contribution in [2.24, 2.45) is 0 Å². The fourth-order valence-electron chi connectivity index (χ4n) is 2.60. The molecule has 2 aliphatic rings. The Balaban J connectivity index is 1.59. The number of carbonyl (C=O) groups excluding carboxylic acids is 1. The lowest BCUT2D eigenvalue weighted by Crippen LogP contribution is -2.49. The van der Waals surface area contributed by atoms with E-state index in [9.17, 15) is 4.79 Å². The second-order valence-electron chi connectivity index (χ2n) is 4.87. The van der Waals surface area contributed by atoms with Crippen molar-refractivity contribution in [1.29, 1.82) is 0 Å². The molecule has 5 nitrogen and oxygen atoms in total. The fourth-order valence-corrected chi connectivity index (χ4v) is 2.60. The third-order valence-corrected chi connectivity index (χ3v) is 3.64. The lowest BCUT2D eigenvalue weighted by Gasteiger charge is -2.35. The van der Waals surface area contributed by atoms with Gasteiger partial charge in [-0.3, -0.25) is 9.69 Å². The number of carbonyl (C=O) groups is 1. The highest BCUT2D eigenvalue weighted by atomic mass is 16.5. The van der Waals surface area contributed by atoms with Gasteiger partial charge in [-0.1, -0.05) is 0 Å². The molecular weight excluding hydrogens is 218 g/mol. The van der Waals surface area contributed by atoms with Crippen LogP contribution in [0.4, 0.5) is 0 Å². The van der Waals surface area contributed by atoms with Crippen LogP contribution in [-0.4, -0.2) is 62.8 Å². The number of amides is 1. The molecular formula is C12H23N3O2. The average molecular weight is 241 g/mol. The fraction of sp³-hybridized carbons (Fsp3) is 0.917. The SMILES string of the molecule is CNC(=O)CCNCC1CN2CCCC2CO1. The van der Waals surface area contributed by atoms with Crippen molar-refractivity contribution < 1.29 is 9.53 Å². The smallest absolute Gasteiger partial charge is 0.221 e. The molecule has 2 rings (SSSR count). The number of morpholine rings is 1. The molecule has 0 bridgehead atoms. The van der Waals surface area contributed by atoms with Crippen molar-refractivity contribution in [3.05, 3.63) is 0 Å². The largest absolute Gasteiger partial charge is 0.374 e. The van der Waals surface area contributed by atoms with E-state index >= 15 is 0 Å². The zero-order chi connectivity index (χ0) is 12.1. The van der Waals surface area contributed by atoms with Crippen LogP contribution in [0.5, 0.6) is 0 Å². The zero-order valence-electron chi connectivity index (χ0n) is 10.6. The van der Waals surface area contributed by atoms with Gasteiger partial charge in [0.1, 0.15) is 0 Å². The third kappa shape index (κ3) is 3.66. The summed E-state index contributed by atoms with van der Waals surface area (Å²) in [6.07, 6.45) is 3.42. The Labute approximate surface area is 103 Å². The second kappa shape index (κ2) is 6.33. The molecule has 0 aromatic rings. The lowest BCUT2D eigenvalue weighted by atomic mass is 10.2. The Morgan fingerprint density at radius 2 is 2.41 bits per heavy atom. The Bertz CT molecular complexity index is 260. The molecule has 1 amide bonds. The monoisotopic (exact) mass is 241 g/mol. The molecule has 5 heteroatoms. The molecule has 17 heavy (non-hydrogen) atoms. The van der Waals surface area contributed by atoms with Crippen LogP contribution in [0.25, 0.3) is 0 Å². The van der Waals surface area contributed by atoms with Crippen molar-refractivity contribution >= 4 is 5.91 Å². The zero-order valence-corrected chi connectivity index (χ0v) is 10.6. The van der Waals surface area contributed by atoms with Crippen LogP contribution < -0.4 is 10.6 Å². The number of ether oxygens (including phenoxy) is 1. The van der Waals surface area contributed by atoms with Crippen LogP contribution in [0.15, 0.2) is 0 Å². The van der Waals surface area contributed by atoms with Gasteiger partial charge in [0.2, 0.25) is 5.91 Å². The van der Waals surface area contributed by atoms with Crippen LogP contribution in [0.1, 0.15) is 19.3 Å². The Morgan fingerprint density at radius 3 is 3.24 bits per heavy atom. The van der Waals surface area contributed by atoms with Crippen molar-refractivity contribution in [2.45, 2.75) is 31.4 Å². The van der Waals surface area contributed by atoms with Crippen molar-refractivity contribution in [2.75, 3.05) is 39.8 Å². The molecule has 2 heterocycles. The maximum Gasteiger partial charge on any atom is 0.221 e. The molecule has 98 valence electrons. The molecule has 0 aromatic heterocycles. The topological polar surface area (TPSA) is 53.6 Å². The number of rotatable bonds is 5. The quantitative estimate of drug-likeness (QED) is 0.642. The van der Waals surface area contributed by atoms with Gasteiger partial charge in [-0.15, -0.1) is 0 Å². The molecule has 2 unspecified atom stereocenters. The number of nitrogens with one attached hydrogen (secondary N) is 2. The van der Waals surface area contributed by atoms with E-state index in [0.717, 1.165) is 26.2 Å². The van der Waals surface area contributed by atoms with Gasteiger partial charge in [-0.25, -0.2) is 0 Å². The predicted molar refractivity (Wildman–Crippen MR) is 65.9 cm³/mol. The first kappa shape index (κ1) is 12.8. The normalized spacial score (nSPS) is 29.0. The number of fused-ring (bicyclic) bond motifs is 1. The molecule has 0 saturated carbocycles. The first-order chi connectivity index (χ1) is 8.29. The summed E-state index contributed by atoms with van der Waals surface area (Å²) in [6, 6.07) is 0.664. The van der Waals surface area contributed by atoms with Gasteiger partial charge < -0.3 is 15.4 Å². The summed E-state index contributed by atoms with van der Waals surface area (Å²) >= 11 is 0. The molecule has 2 aliphatic heterocycles. The standard InChI is InChI=1S/C12H23N3O2/c1-13-12(16)4-5-14-7-11-8-15-6-2-3-10(15)9-17-11/h10-11,14H,2-9H2,1H3,(H,13,16). The predicted octanol–water partition coefficient (Wildman–Crippen LogP) is -0.425. The minimum atomic E-state index is 0.0849. The van der Waals surface area contributed by atoms with E-state index < -0.39 is 0 Å². The maximum absolute atomic E-state index is 11.0. The molecule has 0 aromatic carbocycles. The lowest BCUT2D eigenvalue weighted by molar-refractivity contribution is -0.120. The van der Waals surface area contributed by atoms with E-state index in [1.165, 1.54) is 19.4 Å². The minimum Gasteiger partial charge on any atom is -0.374 e. The summed E-state index contributed by atoms with van der Waals surface area (Å²) in [5, 5.41) is 5.90. The Hall–Kier alpha value is -0.650. The highest BCUT2D eigenvalue weighted by Crippen LogP contribution is 2.22. The molecule has 2 fully saturated rings. The van der Waals surface area contributed by atoms with E-state index in [0.29, 0.717) is 12.5 Å². The van der Waals surface area contributed by atoms with Crippen molar-refractivity contribution in [1.82, 2.24) is 15.5 Å². The Morgan fingerprint density at radius 1 is 1.53 bits per heavy atom. The maximum atomic E-state index is 11.0. The summed E-state index contributed by atoms with van der Waals surface area (Å²) in [4.78, 5) is 13.6. The highest BCUT2D eigenvalue weighted by molar-refractivity contribution is 5.75. The highest BCUT2D eigenvalue weighted by Gasteiger charge is 2.31. The van der Waals surface area contributed by atoms with E-state index in [1.807, 2.05) is 0 Å². The molecule has 0 spiro atoms. The van der Waals surface area contributed by atoms with Crippen LogP contribution in [0.2, 0.25) is 0 Å². The van der Waals surface area contributed by atoms with Crippen LogP contribution >= 0.6 is 0 Å². The first-order valence-corrected chi connectivity index (χ1v) is 6.56. The second-order valence-corrected chi connectivity index (χ2v) is 4.87. The van der Waals surface area contributed by atoms with Gasteiger partial charge in [0.15, 0.2) is 0 Å². The van der Waals surface area contributed by atoms with E-state index in [2.05, 4.69) is 15.5 Å². The minimum absolute atomic E-state index is 0.0849. The van der Waals surface area contributed by atoms with Gasteiger partial charge in [0.25, 0.3) is 0 Å². The Kier molecular flexibility index (Phi) is 4.76. The van der Waals surface area contributed by atoms with Crippen molar-refractivity contribution in [3.8, 4) is 0 Å². The van der Waals surface area contributed by atoms with Gasteiger partial charge in [-0.05, 0) is 19.4 Å². The number of hydrogen-bond donors (Lipinski definition) is 2. The molecule has 0 radical (unpaired) electrons. The molecule has 2 N–H and O–H groups in total. The van der Waals surface area contributed by atoms with E-state index in [4.69, 9.17) is 4.74 Å². The number of hydrogen-bond acceptors (Lipinski definition) is 4. The van der Waals surface area contributed by atoms with Crippen LogP contribution in [0.3, 0.4) is 0 Å². The summed E-state index contributed by atoms with van der Waals surface area (Å²) in [5.74, 6) is 0.0849. The summed E-state index contributed by atoms with van der Waals surface area (Å²) < 4.78 is 5.82. The molecule has 2 atom stereocenters. The first-order valence-electron chi connectivity index (χ1n) is 6.56. The summed E-state index contributed by atoms with van der Waals surface area (Å²) in [5.41, 5.74) is 0. The van der Waals surface area contributed by atoms with Gasteiger partial charge in [0, 0.05) is 39.1 Å². The molecule has 2 saturated heterocycles. The van der Waals surface area contributed by atoms with Gasteiger partial charge in [0.05, 0.1) is 12.7 Å². The number of nitrogens with zero attached hydrogens (tertiary/aromatic N) is 1. The van der Waals surface area contributed by atoms with E-state index in [-0.39, 0.29) is 12.0 Å². The van der Waals surface area contributed by atoms with Crippen molar-refractivity contribution in [3.63, 3.8) is 0 Å². The van der Waals surface area contributed by atoms with Gasteiger partial charge in [-0.2, -0.15) is 0 Å².